The van der Waals surface area contributed by atoms with Gasteiger partial charge in [0.1, 0.15) is 5.70 Å². The normalized spacial score (nSPS) is 17.5. The summed E-state index contributed by atoms with van der Waals surface area (Å²) < 4.78 is 0. The summed E-state index contributed by atoms with van der Waals surface area (Å²) in [4.78, 5) is 11.4. The highest BCUT2D eigenvalue weighted by Gasteiger charge is 2.19. The van der Waals surface area contributed by atoms with Gasteiger partial charge in [0.15, 0.2) is 5.11 Å². The lowest BCUT2D eigenvalue weighted by Crippen LogP contribution is -2.21. The molecule has 2 rings (SSSR count). The van der Waals surface area contributed by atoms with Crippen molar-refractivity contribution in [2.24, 2.45) is 0 Å². The summed E-state index contributed by atoms with van der Waals surface area (Å²) in [5.74, 6) is 0.333. The molecule has 2 N–H and O–H groups in total. The van der Waals surface area contributed by atoms with Crippen molar-refractivity contribution < 1.29 is 4.79 Å². The number of hydrogen-bond acceptors (Lipinski definition) is 2. The van der Waals surface area contributed by atoms with Crippen LogP contribution in [0.15, 0.2) is 30.0 Å². The molecule has 0 unspecified atom stereocenters. The molecule has 1 amide bonds. The second kappa shape index (κ2) is 4.67. The molecular weight excluding hydrogens is 232 g/mol. The smallest absolute Gasteiger partial charge is 0.273 e. The van der Waals surface area contributed by atoms with Crippen molar-refractivity contribution in [2.45, 2.75) is 19.8 Å². The molecule has 0 saturated carbocycles. The number of rotatable bonds is 2. The first-order valence-corrected chi connectivity index (χ1v) is 5.91. The van der Waals surface area contributed by atoms with E-state index in [-0.39, 0.29) is 5.91 Å². The molecule has 0 bridgehead atoms. The van der Waals surface area contributed by atoms with Gasteiger partial charge in [0, 0.05) is 0 Å². The molecule has 0 aliphatic carbocycles. The lowest BCUT2D eigenvalue weighted by atomic mass is 10.0. The lowest BCUT2D eigenvalue weighted by Gasteiger charge is -2.05. The summed E-state index contributed by atoms with van der Waals surface area (Å²) in [6.07, 6.45) is 1.79. The Morgan fingerprint density at radius 3 is 2.29 bits per heavy atom. The first kappa shape index (κ1) is 11.8. The van der Waals surface area contributed by atoms with Gasteiger partial charge in [-0.2, -0.15) is 0 Å². The third kappa shape index (κ3) is 2.71. The molecule has 3 nitrogen and oxygen atoms in total. The number of benzene rings is 1. The number of nitrogens with one attached hydrogen (secondary N) is 2. The van der Waals surface area contributed by atoms with E-state index in [2.05, 4.69) is 36.6 Å². The van der Waals surface area contributed by atoms with Gasteiger partial charge >= 0.3 is 0 Å². The van der Waals surface area contributed by atoms with Crippen LogP contribution in [0.3, 0.4) is 0 Å². The fourth-order valence-electron chi connectivity index (χ4n) is 1.63. The molecule has 17 heavy (non-hydrogen) atoms. The summed E-state index contributed by atoms with van der Waals surface area (Å²) in [5.41, 5.74) is 2.76. The van der Waals surface area contributed by atoms with E-state index in [1.807, 2.05) is 12.1 Å². The summed E-state index contributed by atoms with van der Waals surface area (Å²) in [6.45, 7) is 4.30. The molecule has 1 aliphatic heterocycles. The predicted octanol–water partition coefficient (Wildman–Crippen LogP) is 2.16. The molecule has 0 spiro atoms. The van der Waals surface area contributed by atoms with Gasteiger partial charge in [-0.25, -0.2) is 0 Å². The Kier molecular flexibility index (Phi) is 3.24. The van der Waals surface area contributed by atoms with Crippen molar-refractivity contribution in [1.82, 2.24) is 10.6 Å². The molecule has 0 radical (unpaired) electrons. The Hall–Kier alpha value is -1.68. The van der Waals surface area contributed by atoms with Crippen LogP contribution in [0.1, 0.15) is 30.9 Å². The van der Waals surface area contributed by atoms with Crippen LogP contribution in [-0.2, 0) is 4.79 Å². The maximum Gasteiger partial charge on any atom is 0.273 e. The van der Waals surface area contributed by atoms with Gasteiger partial charge in [-0.1, -0.05) is 38.1 Å². The predicted molar refractivity (Wildman–Crippen MR) is 72.4 cm³/mol. The summed E-state index contributed by atoms with van der Waals surface area (Å²) in [7, 11) is 0. The van der Waals surface area contributed by atoms with Crippen LogP contribution < -0.4 is 10.6 Å². The zero-order valence-electron chi connectivity index (χ0n) is 9.78. The quantitative estimate of drug-likeness (QED) is 0.620. The van der Waals surface area contributed by atoms with Crippen LogP contribution in [0.4, 0.5) is 0 Å². The number of carbonyl (C=O) groups excluding carboxylic acids is 1. The van der Waals surface area contributed by atoms with Gasteiger partial charge in [0.25, 0.3) is 5.91 Å². The second-order valence-corrected chi connectivity index (χ2v) is 4.70. The van der Waals surface area contributed by atoms with Crippen molar-refractivity contribution in [2.75, 3.05) is 0 Å². The van der Waals surface area contributed by atoms with E-state index < -0.39 is 0 Å². The zero-order chi connectivity index (χ0) is 12.4. The molecule has 88 valence electrons. The molecular formula is C13H14N2OS. The summed E-state index contributed by atoms with van der Waals surface area (Å²) in [5, 5.41) is 5.71. The van der Waals surface area contributed by atoms with E-state index in [9.17, 15) is 4.79 Å². The topological polar surface area (TPSA) is 41.1 Å². The van der Waals surface area contributed by atoms with Crippen molar-refractivity contribution in [3.63, 3.8) is 0 Å². The fraction of sp³-hybridized carbons (Fsp3) is 0.231. The Bertz CT molecular complexity index is 489. The minimum Gasteiger partial charge on any atom is -0.328 e. The highest BCUT2D eigenvalue weighted by atomic mass is 32.1. The second-order valence-electron chi connectivity index (χ2n) is 4.29. The van der Waals surface area contributed by atoms with E-state index in [1.54, 1.807) is 6.08 Å². The summed E-state index contributed by atoms with van der Waals surface area (Å²) >= 11 is 4.86. The van der Waals surface area contributed by atoms with E-state index >= 15 is 0 Å². The van der Waals surface area contributed by atoms with Gasteiger partial charge < -0.3 is 5.32 Å². The standard InChI is InChI=1S/C13H14N2OS/c1-8(2)10-5-3-9(4-6-10)7-11-12(16)15-13(17)14-11/h3-8H,1-2H3,(H2,14,15,16,17). The third-order valence-electron chi connectivity index (χ3n) is 2.63. The van der Waals surface area contributed by atoms with Gasteiger partial charge in [0.05, 0.1) is 0 Å². The van der Waals surface area contributed by atoms with Gasteiger partial charge in [0.2, 0.25) is 0 Å². The third-order valence-corrected chi connectivity index (χ3v) is 2.84. The fourth-order valence-corrected chi connectivity index (χ4v) is 1.83. The average molecular weight is 246 g/mol. The minimum atomic E-state index is -0.178. The largest absolute Gasteiger partial charge is 0.328 e. The van der Waals surface area contributed by atoms with Crippen molar-refractivity contribution in [1.29, 1.82) is 0 Å². The maximum atomic E-state index is 11.4. The Morgan fingerprint density at radius 2 is 1.82 bits per heavy atom. The monoisotopic (exact) mass is 246 g/mol. The minimum absolute atomic E-state index is 0.178. The molecule has 1 heterocycles. The van der Waals surface area contributed by atoms with Crippen LogP contribution in [0.5, 0.6) is 0 Å². The molecule has 0 atom stereocenters. The SMILES string of the molecule is CC(C)c1ccc(C=C2NC(=S)NC2=O)cc1. The van der Waals surface area contributed by atoms with E-state index in [1.165, 1.54) is 5.56 Å². The molecule has 0 aromatic heterocycles. The zero-order valence-corrected chi connectivity index (χ0v) is 10.6. The Morgan fingerprint density at radius 1 is 1.18 bits per heavy atom. The average Bonchev–Trinajstić information content (AvgIpc) is 2.58. The number of thiocarbonyl (C=S) groups is 1. The van der Waals surface area contributed by atoms with Crippen LogP contribution >= 0.6 is 12.2 Å². The summed E-state index contributed by atoms with van der Waals surface area (Å²) in [6, 6.07) is 8.14. The van der Waals surface area contributed by atoms with Crippen molar-refractivity contribution in [3.05, 3.63) is 41.1 Å². The maximum absolute atomic E-state index is 11.4. The van der Waals surface area contributed by atoms with Crippen molar-refractivity contribution >= 4 is 29.3 Å². The molecule has 1 fully saturated rings. The molecule has 1 aromatic carbocycles. The first-order chi connectivity index (χ1) is 8.06. The molecule has 4 heteroatoms. The van der Waals surface area contributed by atoms with Crippen LogP contribution in [0.2, 0.25) is 0 Å². The molecule has 1 aliphatic rings. The number of carbonyl (C=O) groups is 1. The van der Waals surface area contributed by atoms with Crippen LogP contribution in [-0.4, -0.2) is 11.0 Å². The molecule has 1 aromatic rings. The van der Waals surface area contributed by atoms with Gasteiger partial charge in [-0.3, -0.25) is 10.1 Å². The van der Waals surface area contributed by atoms with E-state index in [4.69, 9.17) is 12.2 Å². The Labute approximate surface area is 106 Å². The Balaban J connectivity index is 2.21. The van der Waals surface area contributed by atoms with Crippen LogP contribution in [0, 0.1) is 0 Å². The van der Waals surface area contributed by atoms with E-state index in [0.29, 0.717) is 16.7 Å². The van der Waals surface area contributed by atoms with Gasteiger partial charge in [-0.15, -0.1) is 0 Å². The number of amides is 1. The molecule has 1 saturated heterocycles. The van der Waals surface area contributed by atoms with E-state index in [0.717, 1.165) is 5.56 Å². The highest BCUT2D eigenvalue weighted by Crippen LogP contribution is 2.16. The van der Waals surface area contributed by atoms with Crippen LogP contribution in [0.25, 0.3) is 6.08 Å². The van der Waals surface area contributed by atoms with Gasteiger partial charge in [-0.05, 0) is 35.3 Å². The lowest BCUT2D eigenvalue weighted by molar-refractivity contribution is -0.115. The number of hydrogen-bond donors (Lipinski definition) is 2. The van der Waals surface area contributed by atoms with Crippen molar-refractivity contribution in [3.8, 4) is 0 Å². The first-order valence-electron chi connectivity index (χ1n) is 5.50. The highest BCUT2D eigenvalue weighted by molar-refractivity contribution is 7.80.